The molecule has 0 aromatic carbocycles. The van der Waals surface area contributed by atoms with E-state index < -0.39 is 0 Å². The predicted molar refractivity (Wildman–Crippen MR) is 99.9 cm³/mol. The van der Waals surface area contributed by atoms with Gasteiger partial charge in [-0.05, 0) is 44.2 Å². The van der Waals surface area contributed by atoms with E-state index >= 15 is 0 Å². The number of aromatic amines is 1. The number of hydrogen-bond acceptors (Lipinski definition) is 5. The molecule has 1 aliphatic carbocycles. The highest BCUT2D eigenvalue weighted by Gasteiger charge is 2.20. The largest absolute Gasteiger partial charge is 0.461 e. The molecule has 0 radical (unpaired) electrons. The highest BCUT2D eigenvalue weighted by atomic mass is 16.5. The first kappa shape index (κ1) is 18.4. The van der Waals surface area contributed by atoms with E-state index in [1.54, 1.807) is 6.26 Å². The first-order valence-corrected chi connectivity index (χ1v) is 9.40. The lowest BCUT2D eigenvalue weighted by Crippen LogP contribution is -2.38. The fourth-order valence-corrected chi connectivity index (χ4v) is 2.46. The van der Waals surface area contributed by atoms with Crippen LogP contribution >= 0.6 is 0 Å². The quantitative estimate of drug-likeness (QED) is 0.322. The van der Waals surface area contributed by atoms with Crippen molar-refractivity contribution in [3.63, 3.8) is 0 Å². The van der Waals surface area contributed by atoms with E-state index in [0.29, 0.717) is 11.6 Å². The molecule has 1 saturated carbocycles. The summed E-state index contributed by atoms with van der Waals surface area (Å²) in [5, 5.41) is 13.7. The van der Waals surface area contributed by atoms with Gasteiger partial charge in [0.25, 0.3) is 0 Å². The summed E-state index contributed by atoms with van der Waals surface area (Å²) in [4.78, 5) is 9.01. The lowest BCUT2D eigenvalue weighted by molar-refractivity contribution is 0.123. The average Bonchev–Trinajstić information content (AvgIpc) is 3.11. The summed E-state index contributed by atoms with van der Waals surface area (Å²) in [6.07, 6.45) is 5.95. The Morgan fingerprint density at radius 2 is 2.35 bits per heavy atom. The molecule has 3 N–H and O–H groups in total. The Balaban J connectivity index is 1.35. The summed E-state index contributed by atoms with van der Waals surface area (Å²) in [5.41, 5.74) is 0. The molecule has 3 rings (SSSR count). The Hall–Kier alpha value is -2.35. The first-order chi connectivity index (χ1) is 12.8. The van der Waals surface area contributed by atoms with Crippen molar-refractivity contribution in [1.82, 2.24) is 25.8 Å². The Morgan fingerprint density at radius 3 is 3.12 bits per heavy atom. The smallest absolute Gasteiger partial charge is 0.216 e. The molecule has 1 fully saturated rings. The number of furan rings is 1. The number of nitrogens with one attached hydrogen (secondary N) is 3. The van der Waals surface area contributed by atoms with Crippen molar-refractivity contribution < 1.29 is 9.15 Å². The van der Waals surface area contributed by atoms with Crippen LogP contribution in [0.1, 0.15) is 32.0 Å². The Morgan fingerprint density at radius 1 is 1.42 bits per heavy atom. The molecule has 2 heterocycles. The van der Waals surface area contributed by atoms with Crippen LogP contribution in [0.2, 0.25) is 0 Å². The molecule has 0 amide bonds. The molecule has 2 aromatic heterocycles. The van der Waals surface area contributed by atoms with Crippen LogP contribution in [0, 0.1) is 5.92 Å². The van der Waals surface area contributed by atoms with Gasteiger partial charge >= 0.3 is 0 Å². The fraction of sp³-hybridized carbons (Fsp3) is 0.611. The molecule has 0 spiro atoms. The van der Waals surface area contributed by atoms with Crippen LogP contribution < -0.4 is 10.6 Å². The topological polar surface area (TPSA) is 100 Å². The lowest BCUT2D eigenvalue weighted by Gasteiger charge is -2.10. The number of H-pyrrole nitrogens is 1. The van der Waals surface area contributed by atoms with E-state index in [1.807, 2.05) is 12.1 Å². The van der Waals surface area contributed by atoms with Crippen LogP contribution in [-0.4, -0.2) is 54.0 Å². The molecule has 0 saturated heterocycles. The van der Waals surface area contributed by atoms with Crippen molar-refractivity contribution >= 4 is 5.96 Å². The molecule has 26 heavy (non-hydrogen) atoms. The molecule has 0 aliphatic heterocycles. The third kappa shape index (κ3) is 6.18. The number of hydrogen-bond donors (Lipinski definition) is 3. The monoisotopic (exact) mass is 360 g/mol. The van der Waals surface area contributed by atoms with Crippen LogP contribution in [0.3, 0.4) is 0 Å². The Bertz CT molecular complexity index is 663. The normalized spacial score (nSPS) is 14.6. The summed E-state index contributed by atoms with van der Waals surface area (Å²) in [7, 11) is 0. The van der Waals surface area contributed by atoms with Gasteiger partial charge in [0.2, 0.25) is 5.82 Å². The maximum Gasteiger partial charge on any atom is 0.216 e. The molecule has 1 aliphatic rings. The van der Waals surface area contributed by atoms with Crippen LogP contribution in [0.15, 0.2) is 27.8 Å². The Labute approximate surface area is 153 Å². The Kier molecular flexibility index (Phi) is 7.06. The second-order valence-electron chi connectivity index (χ2n) is 6.39. The zero-order valence-electron chi connectivity index (χ0n) is 15.3. The zero-order chi connectivity index (χ0) is 18.0. The van der Waals surface area contributed by atoms with Gasteiger partial charge in [-0.3, -0.25) is 10.1 Å². The highest BCUT2D eigenvalue weighted by molar-refractivity contribution is 5.79. The molecule has 8 heteroatoms. The van der Waals surface area contributed by atoms with Crippen LogP contribution in [0.25, 0.3) is 11.6 Å². The van der Waals surface area contributed by atoms with Crippen molar-refractivity contribution in [2.24, 2.45) is 10.9 Å². The van der Waals surface area contributed by atoms with E-state index in [9.17, 15) is 0 Å². The number of rotatable bonds is 11. The summed E-state index contributed by atoms with van der Waals surface area (Å²) in [6, 6.07) is 3.67. The number of aliphatic imine (C=N–C) groups is 1. The molecule has 2 aromatic rings. The maximum atomic E-state index is 5.63. The van der Waals surface area contributed by atoms with E-state index in [-0.39, 0.29) is 0 Å². The summed E-state index contributed by atoms with van der Waals surface area (Å²) in [5.74, 6) is 3.70. The molecule has 0 unspecified atom stereocenters. The van der Waals surface area contributed by atoms with Crippen molar-refractivity contribution in [2.45, 2.75) is 32.6 Å². The van der Waals surface area contributed by atoms with Gasteiger partial charge in [0.05, 0.1) is 6.26 Å². The second-order valence-corrected chi connectivity index (χ2v) is 6.39. The molecule has 0 bridgehead atoms. The molecule has 8 nitrogen and oxygen atoms in total. The van der Waals surface area contributed by atoms with Crippen molar-refractivity contribution in [2.75, 3.05) is 32.8 Å². The second kappa shape index (κ2) is 9.96. The number of nitrogens with zero attached hydrogens (tertiary/aromatic N) is 3. The zero-order valence-corrected chi connectivity index (χ0v) is 15.3. The van der Waals surface area contributed by atoms with Gasteiger partial charge in [-0.2, -0.15) is 5.10 Å². The van der Waals surface area contributed by atoms with E-state index in [0.717, 1.165) is 63.4 Å². The molecular weight excluding hydrogens is 332 g/mol. The van der Waals surface area contributed by atoms with Crippen molar-refractivity contribution in [3.8, 4) is 11.6 Å². The van der Waals surface area contributed by atoms with Gasteiger partial charge in [-0.1, -0.05) is 0 Å². The van der Waals surface area contributed by atoms with Crippen molar-refractivity contribution in [3.05, 3.63) is 24.2 Å². The van der Waals surface area contributed by atoms with Gasteiger partial charge in [-0.15, -0.1) is 0 Å². The minimum Gasteiger partial charge on any atom is -0.461 e. The summed E-state index contributed by atoms with van der Waals surface area (Å²) >= 11 is 0. The van der Waals surface area contributed by atoms with Crippen LogP contribution in [-0.2, 0) is 11.2 Å². The molecular formula is C18H28N6O2. The third-order valence-electron chi connectivity index (χ3n) is 4.04. The minimum atomic E-state index is 0.580. The number of ether oxygens (including phenoxy) is 1. The van der Waals surface area contributed by atoms with E-state index in [2.05, 4.69) is 37.7 Å². The lowest BCUT2D eigenvalue weighted by atomic mass is 10.4. The van der Waals surface area contributed by atoms with Gasteiger partial charge in [0.15, 0.2) is 11.7 Å². The van der Waals surface area contributed by atoms with Gasteiger partial charge in [0.1, 0.15) is 5.82 Å². The summed E-state index contributed by atoms with van der Waals surface area (Å²) < 4.78 is 10.9. The molecule has 0 atom stereocenters. The predicted octanol–water partition coefficient (Wildman–Crippen LogP) is 1.98. The minimum absolute atomic E-state index is 0.580. The van der Waals surface area contributed by atoms with Crippen molar-refractivity contribution in [1.29, 1.82) is 0 Å². The highest BCUT2D eigenvalue weighted by Crippen LogP contribution is 2.28. The van der Waals surface area contributed by atoms with Crippen LogP contribution in [0.5, 0.6) is 0 Å². The number of guanidine groups is 1. The molecule has 142 valence electrons. The fourth-order valence-electron chi connectivity index (χ4n) is 2.46. The van der Waals surface area contributed by atoms with Crippen LogP contribution in [0.4, 0.5) is 0 Å². The van der Waals surface area contributed by atoms with Gasteiger partial charge < -0.3 is 19.8 Å². The first-order valence-electron chi connectivity index (χ1n) is 9.40. The summed E-state index contributed by atoms with van der Waals surface area (Å²) in [6.45, 7) is 6.06. The SMILES string of the molecule is CCNC(=NCCCOCC1CC1)NCCc1nc(-c2ccco2)n[nH]1. The van der Waals surface area contributed by atoms with Gasteiger partial charge in [0, 0.05) is 39.3 Å². The van der Waals surface area contributed by atoms with Gasteiger partial charge in [-0.25, -0.2) is 4.98 Å². The maximum absolute atomic E-state index is 5.63. The standard InChI is InChI=1S/C18H28N6O2/c1-2-19-18(20-9-4-11-25-13-14-6-7-14)21-10-8-16-22-17(24-23-16)15-5-3-12-26-15/h3,5,12,14H,2,4,6-11,13H2,1H3,(H2,19,20,21)(H,22,23,24). The third-order valence-corrected chi connectivity index (χ3v) is 4.04. The average molecular weight is 360 g/mol. The number of aromatic nitrogens is 3. The van der Waals surface area contributed by atoms with E-state index in [1.165, 1.54) is 12.8 Å². The van der Waals surface area contributed by atoms with E-state index in [4.69, 9.17) is 9.15 Å².